The molecule has 34 heavy (non-hydrogen) atoms. The molecule has 1 aliphatic rings. The molecule has 2 aromatic carbocycles. The first-order valence-electron chi connectivity index (χ1n) is 10.9. The average Bonchev–Trinajstić information content (AvgIpc) is 3.30. The Labute approximate surface area is 201 Å². The molecule has 2 aromatic heterocycles. The number of fused-ring (bicyclic) bond motifs is 1. The number of nitrogens with one attached hydrogen (secondary N) is 1. The summed E-state index contributed by atoms with van der Waals surface area (Å²) in [5.74, 6) is 1.20. The van der Waals surface area contributed by atoms with Crippen molar-refractivity contribution < 1.29 is 13.2 Å². The van der Waals surface area contributed by atoms with Crippen molar-refractivity contribution in [2.45, 2.75) is 11.4 Å². The first-order chi connectivity index (χ1) is 16.4. The van der Waals surface area contributed by atoms with Gasteiger partial charge in [-0.2, -0.15) is 4.31 Å². The maximum atomic E-state index is 13.0. The fraction of sp³-hybridized carbons (Fsp3) is 0.250. The minimum atomic E-state index is -3.56. The van der Waals surface area contributed by atoms with Crippen molar-refractivity contribution in [3.63, 3.8) is 0 Å². The maximum absolute atomic E-state index is 13.0. The lowest BCUT2D eigenvalue weighted by molar-refractivity contribution is 0.178. The van der Waals surface area contributed by atoms with Gasteiger partial charge in [0.1, 0.15) is 16.4 Å². The van der Waals surface area contributed by atoms with Gasteiger partial charge >= 0.3 is 0 Å². The first-order valence-corrected chi connectivity index (χ1v) is 13.1. The fourth-order valence-electron chi connectivity index (χ4n) is 4.03. The molecule has 1 N–H and O–H groups in total. The van der Waals surface area contributed by atoms with Crippen LogP contribution in [0.3, 0.4) is 0 Å². The number of aromatic amines is 1. The van der Waals surface area contributed by atoms with Gasteiger partial charge in [0.25, 0.3) is 5.56 Å². The zero-order valence-electron chi connectivity index (χ0n) is 18.6. The van der Waals surface area contributed by atoms with Crippen LogP contribution in [0.4, 0.5) is 0 Å². The highest BCUT2D eigenvalue weighted by Gasteiger charge is 2.28. The lowest BCUT2D eigenvalue weighted by Crippen LogP contribution is -2.48. The highest BCUT2D eigenvalue weighted by Crippen LogP contribution is 2.30. The second kappa shape index (κ2) is 9.30. The minimum Gasteiger partial charge on any atom is -0.497 e. The third-order valence-corrected chi connectivity index (χ3v) is 8.90. The molecule has 0 amide bonds. The number of hydrogen-bond donors (Lipinski definition) is 1. The van der Waals surface area contributed by atoms with Gasteiger partial charge in [0.2, 0.25) is 10.0 Å². The van der Waals surface area contributed by atoms with Crippen LogP contribution in [0.1, 0.15) is 5.82 Å². The third kappa shape index (κ3) is 4.49. The molecule has 1 fully saturated rings. The number of hydrogen-bond acceptors (Lipinski definition) is 7. The van der Waals surface area contributed by atoms with Crippen LogP contribution in [-0.4, -0.2) is 60.9 Å². The lowest BCUT2D eigenvalue weighted by Gasteiger charge is -2.33. The topological polar surface area (TPSA) is 95.6 Å². The van der Waals surface area contributed by atoms with E-state index in [1.165, 1.54) is 15.6 Å². The molecule has 5 rings (SSSR count). The molecule has 176 valence electrons. The third-order valence-electron chi connectivity index (χ3n) is 5.91. The zero-order chi connectivity index (χ0) is 23.7. The normalized spacial score (nSPS) is 15.6. The molecule has 3 heterocycles. The van der Waals surface area contributed by atoms with Gasteiger partial charge in [-0.1, -0.05) is 30.3 Å². The van der Waals surface area contributed by atoms with E-state index in [-0.39, 0.29) is 10.5 Å². The molecule has 0 radical (unpaired) electrons. The van der Waals surface area contributed by atoms with Gasteiger partial charge in [0, 0.05) is 31.1 Å². The molecular formula is C24H24N4O4S2. The van der Waals surface area contributed by atoms with E-state index in [0.717, 1.165) is 10.4 Å². The van der Waals surface area contributed by atoms with Crippen molar-refractivity contribution in [3.8, 4) is 16.2 Å². The van der Waals surface area contributed by atoms with Crippen molar-refractivity contribution >= 4 is 31.6 Å². The van der Waals surface area contributed by atoms with E-state index < -0.39 is 10.0 Å². The number of nitrogens with zero attached hydrogens (tertiary/aromatic N) is 3. The summed E-state index contributed by atoms with van der Waals surface area (Å²) in [6.45, 7) is 2.31. The summed E-state index contributed by atoms with van der Waals surface area (Å²) in [4.78, 5) is 24.3. The summed E-state index contributed by atoms with van der Waals surface area (Å²) in [5, 5.41) is 0.586. The molecule has 1 aliphatic heterocycles. The fourth-order valence-corrected chi connectivity index (χ4v) is 6.51. The van der Waals surface area contributed by atoms with Crippen molar-refractivity contribution in [1.29, 1.82) is 0 Å². The molecule has 0 aliphatic carbocycles. The highest BCUT2D eigenvalue weighted by atomic mass is 32.2. The summed E-state index contributed by atoms with van der Waals surface area (Å²) in [7, 11) is -2.02. The molecule has 0 atom stereocenters. The van der Waals surface area contributed by atoms with Crippen LogP contribution in [0.5, 0.6) is 5.75 Å². The number of piperazine rings is 1. The number of rotatable bonds is 6. The average molecular weight is 497 g/mol. The molecule has 0 bridgehead atoms. The Bertz CT molecular complexity index is 1460. The van der Waals surface area contributed by atoms with Crippen LogP contribution >= 0.6 is 11.3 Å². The van der Waals surface area contributed by atoms with E-state index in [9.17, 15) is 13.2 Å². The van der Waals surface area contributed by atoms with Gasteiger partial charge in [-0.25, -0.2) is 13.4 Å². The quantitative estimate of drug-likeness (QED) is 0.441. The summed E-state index contributed by atoms with van der Waals surface area (Å²) in [5.41, 5.74) is 0.903. The number of ether oxygens (including phenoxy) is 1. The van der Waals surface area contributed by atoms with Crippen molar-refractivity contribution in [1.82, 2.24) is 19.2 Å². The van der Waals surface area contributed by atoms with E-state index in [1.807, 2.05) is 36.4 Å². The number of thiophene rings is 1. The van der Waals surface area contributed by atoms with Crippen LogP contribution in [-0.2, 0) is 16.6 Å². The summed E-state index contributed by atoms with van der Waals surface area (Å²) in [6.07, 6.45) is 0. The smallest absolute Gasteiger partial charge is 0.259 e. The molecular weight excluding hydrogens is 472 g/mol. The molecule has 10 heteroatoms. The summed E-state index contributed by atoms with van der Waals surface area (Å²) >= 11 is 1.50. The summed E-state index contributed by atoms with van der Waals surface area (Å²) < 4.78 is 32.5. The predicted octanol–water partition coefficient (Wildman–Crippen LogP) is 3.17. The van der Waals surface area contributed by atoms with E-state index in [2.05, 4.69) is 14.9 Å². The van der Waals surface area contributed by atoms with Crippen LogP contribution in [0.25, 0.3) is 20.7 Å². The largest absolute Gasteiger partial charge is 0.497 e. The second-order valence-corrected chi connectivity index (χ2v) is 11.0. The van der Waals surface area contributed by atoms with Crippen molar-refractivity contribution in [3.05, 3.63) is 76.8 Å². The van der Waals surface area contributed by atoms with Gasteiger partial charge in [-0.05, 0) is 35.9 Å². The standard InChI is InChI=1S/C24H24N4O4S2/c1-32-18-7-9-19(10-8-18)34(30,31)28-13-11-27(12-14-28)16-22-25-23(29)20-15-21(33-24(20)26-22)17-5-3-2-4-6-17/h2-10,15H,11-14,16H2,1H3,(H,25,26,29). The Hall–Kier alpha value is -3.05. The zero-order valence-corrected chi connectivity index (χ0v) is 20.2. The molecule has 0 saturated carbocycles. The number of aromatic nitrogens is 2. The Kier molecular flexibility index (Phi) is 6.22. The number of methoxy groups -OCH3 is 1. The van der Waals surface area contributed by atoms with Crippen LogP contribution in [0.15, 0.2) is 70.4 Å². The number of benzene rings is 2. The van der Waals surface area contributed by atoms with Gasteiger partial charge in [0.15, 0.2) is 0 Å². The first kappa shape index (κ1) is 22.7. The molecule has 8 nitrogen and oxygen atoms in total. The second-order valence-electron chi connectivity index (χ2n) is 8.06. The predicted molar refractivity (Wildman–Crippen MR) is 133 cm³/mol. The van der Waals surface area contributed by atoms with E-state index in [4.69, 9.17) is 4.74 Å². The van der Waals surface area contributed by atoms with Gasteiger partial charge in [-0.3, -0.25) is 9.69 Å². The van der Waals surface area contributed by atoms with Crippen LogP contribution in [0, 0.1) is 0 Å². The number of H-pyrrole nitrogens is 1. The van der Waals surface area contributed by atoms with E-state index in [1.54, 1.807) is 31.4 Å². The van der Waals surface area contributed by atoms with Crippen LogP contribution in [0.2, 0.25) is 0 Å². The molecule has 0 unspecified atom stereocenters. The van der Waals surface area contributed by atoms with Crippen molar-refractivity contribution in [2.75, 3.05) is 33.3 Å². The minimum absolute atomic E-state index is 0.154. The van der Waals surface area contributed by atoms with Gasteiger partial charge in [-0.15, -0.1) is 11.3 Å². The molecule has 1 saturated heterocycles. The lowest BCUT2D eigenvalue weighted by atomic mass is 10.2. The Morgan fingerprint density at radius 3 is 2.41 bits per heavy atom. The van der Waals surface area contributed by atoms with E-state index in [0.29, 0.717) is 54.5 Å². The number of sulfonamides is 1. The van der Waals surface area contributed by atoms with Gasteiger partial charge < -0.3 is 9.72 Å². The summed E-state index contributed by atoms with van der Waals surface area (Å²) in [6, 6.07) is 18.2. The maximum Gasteiger partial charge on any atom is 0.259 e. The monoisotopic (exact) mass is 496 g/mol. The Morgan fingerprint density at radius 1 is 1.03 bits per heavy atom. The van der Waals surface area contributed by atoms with Crippen molar-refractivity contribution in [2.24, 2.45) is 0 Å². The SMILES string of the molecule is COc1ccc(S(=O)(=O)N2CCN(Cc3nc4sc(-c5ccccc5)cc4c(=O)[nH]3)CC2)cc1. The highest BCUT2D eigenvalue weighted by molar-refractivity contribution is 7.89. The van der Waals surface area contributed by atoms with Gasteiger partial charge in [0.05, 0.1) is 23.9 Å². The molecule has 4 aromatic rings. The molecule has 0 spiro atoms. The van der Waals surface area contributed by atoms with E-state index >= 15 is 0 Å². The Balaban J connectivity index is 1.28. The van der Waals surface area contributed by atoms with Crippen LogP contribution < -0.4 is 10.3 Å². The Morgan fingerprint density at radius 2 is 1.74 bits per heavy atom.